The molecule has 33 heavy (non-hydrogen) atoms. The Balaban J connectivity index is 0.00000306. The highest BCUT2D eigenvalue weighted by Gasteiger charge is 2.20. The molecule has 1 aliphatic rings. The van der Waals surface area contributed by atoms with Gasteiger partial charge in [-0.2, -0.15) is 8.78 Å². The van der Waals surface area contributed by atoms with E-state index in [4.69, 9.17) is 9.47 Å². The van der Waals surface area contributed by atoms with E-state index in [0.717, 1.165) is 29.7 Å². The van der Waals surface area contributed by atoms with Crippen molar-refractivity contribution in [2.24, 2.45) is 4.99 Å². The lowest BCUT2D eigenvalue weighted by Crippen LogP contribution is -2.37. The van der Waals surface area contributed by atoms with Gasteiger partial charge in [-0.25, -0.2) is 9.98 Å². The molecule has 1 aliphatic heterocycles. The van der Waals surface area contributed by atoms with Crippen molar-refractivity contribution in [1.29, 1.82) is 0 Å². The summed E-state index contributed by atoms with van der Waals surface area (Å²) in [6, 6.07) is 10.9. The summed E-state index contributed by atoms with van der Waals surface area (Å²) in [7, 11) is 0. The van der Waals surface area contributed by atoms with Gasteiger partial charge in [0.15, 0.2) is 17.5 Å². The van der Waals surface area contributed by atoms with Gasteiger partial charge in [0.1, 0.15) is 11.6 Å². The monoisotopic (exact) mass is 573 g/mol. The van der Waals surface area contributed by atoms with Crippen LogP contribution in [0.5, 0.6) is 17.2 Å². The van der Waals surface area contributed by atoms with Gasteiger partial charge >= 0.3 is 6.61 Å². The van der Waals surface area contributed by atoms with Crippen molar-refractivity contribution in [3.8, 4) is 17.2 Å². The first-order chi connectivity index (χ1) is 15.6. The number of guanidine groups is 1. The lowest BCUT2D eigenvalue weighted by atomic mass is 10.1. The van der Waals surface area contributed by atoms with Crippen molar-refractivity contribution in [1.82, 2.24) is 20.6 Å². The average molecular weight is 573 g/mol. The van der Waals surface area contributed by atoms with Crippen molar-refractivity contribution < 1.29 is 23.0 Å². The zero-order valence-electron chi connectivity index (χ0n) is 18.1. The molecule has 3 N–H and O–H groups in total. The third-order valence-corrected chi connectivity index (χ3v) is 4.84. The van der Waals surface area contributed by atoms with Gasteiger partial charge < -0.3 is 29.8 Å². The number of hydrogen-bond acceptors (Lipinski definition) is 5. The maximum atomic E-state index is 12.8. The Morgan fingerprint density at radius 3 is 2.76 bits per heavy atom. The standard InChI is InChI=1S/C22H25F2N5O3.HI/c1-2-25-22(26-9-5-8-20-28-15-6-3-4-7-16(15)29-20)27-12-14-10-18-19(31-13-30-18)11-17(14)32-21(23)24;/h3-4,6-7,10-11,21H,2,5,8-9,12-13H2,1H3,(H,28,29)(H2,25,26,27);1H. The normalized spacial score (nSPS) is 12.7. The van der Waals surface area contributed by atoms with Gasteiger partial charge in [0.25, 0.3) is 0 Å². The van der Waals surface area contributed by atoms with Crippen molar-refractivity contribution in [3.05, 3.63) is 47.8 Å². The van der Waals surface area contributed by atoms with Crippen LogP contribution in [0.1, 0.15) is 24.7 Å². The van der Waals surface area contributed by atoms with Gasteiger partial charge in [-0.1, -0.05) is 12.1 Å². The molecule has 11 heteroatoms. The molecule has 8 nitrogen and oxygen atoms in total. The fraction of sp³-hybridized carbons (Fsp3) is 0.364. The van der Waals surface area contributed by atoms with Gasteiger partial charge in [0.2, 0.25) is 6.79 Å². The SMILES string of the molecule is CCNC(=NCc1cc2c(cc1OC(F)F)OCO2)NCCCc1nc2ccccc2[nH]1.I. The molecule has 0 amide bonds. The molecule has 178 valence electrons. The quantitative estimate of drug-likeness (QED) is 0.154. The molecule has 0 spiro atoms. The maximum Gasteiger partial charge on any atom is 0.387 e. The minimum atomic E-state index is -2.94. The first-order valence-electron chi connectivity index (χ1n) is 10.5. The number of ether oxygens (including phenoxy) is 3. The molecular weight excluding hydrogens is 547 g/mol. The third kappa shape index (κ3) is 6.59. The molecule has 2 aromatic carbocycles. The fourth-order valence-electron chi connectivity index (χ4n) is 3.39. The molecule has 2 heterocycles. The first-order valence-corrected chi connectivity index (χ1v) is 10.5. The molecule has 3 aromatic rings. The van der Waals surface area contributed by atoms with E-state index in [1.165, 1.54) is 6.07 Å². The highest BCUT2D eigenvalue weighted by Crippen LogP contribution is 2.39. The Hall–Kier alpha value is -2.83. The maximum absolute atomic E-state index is 12.8. The molecule has 0 aliphatic carbocycles. The Kier molecular flexibility index (Phi) is 8.92. The number of rotatable bonds is 9. The molecule has 0 fully saturated rings. The smallest absolute Gasteiger partial charge is 0.387 e. The van der Waals surface area contributed by atoms with Crippen LogP contribution >= 0.6 is 24.0 Å². The highest BCUT2D eigenvalue weighted by molar-refractivity contribution is 14.0. The number of alkyl halides is 2. The fourth-order valence-corrected chi connectivity index (χ4v) is 3.39. The molecule has 0 saturated carbocycles. The number of para-hydroxylation sites is 2. The van der Waals surface area contributed by atoms with E-state index >= 15 is 0 Å². The van der Waals surface area contributed by atoms with E-state index in [9.17, 15) is 8.78 Å². The molecule has 0 bridgehead atoms. The molecular formula is C22H26F2IN5O3. The van der Waals surface area contributed by atoms with Gasteiger partial charge in [0.05, 0.1) is 17.6 Å². The average Bonchev–Trinajstić information content (AvgIpc) is 3.40. The Morgan fingerprint density at radius 1 is 1.21 bits per heavy atom. The number of hydrogen-bond donors (Lipinski definition) is 3. The van der Waals surface area contributed by atoms with Gasteiger partial charge in [-0.15, -0.1) is 24.0 Å². The number of imidazole rings is 1. The first kappa shape index (κ1) is 24.8. The van der Waals surface area contributed by atoms with Crippen LogP contribution in [0.15, 0.2) is 41.4 Å². The minimum absolute atomic E-state index is 0. The van der Waals surface area contributed by atoms with E-state index in [1.54, 1.807) is 6.07 Å². The summed E-state index contributed by atoms with van der Waals surface area (Å²) >= 11 is 0. The van der Waals surface area contributed by atoms with Gasteiger partial charge in [-0.05, 0) is 31.5 Å². The van der Waals surface area contributed by atoms with Crippen LogP contribution in [0.25, 0.3) is 11.0 Å². The number of fused-ring (bicyclic) bond motifs is 2. The summed E-state index contributed by atoms with van der Waals surface area (Å²) in [6.07, 6.45) is 1.63. The number of halogens is 3. The van der Waals surface area contributed by atoms with Crippen LogP contribution in [0.2, 0.25) is 0 Å². The second-order valence-corrected chi connectivity index (χ2v) is 7.12. The van der Waals surface area contributed by atoms with E-state index in [-0.39, 0.29) is 43.1 Å². The Bertz CT molecular complexity index is 1060. The number of aliphatic imine (C=N–C) groups is 1. The van der Waals surface area contributed by atoms with Crippen molar-refractivity contribution in [2.45, 2.75) is 32.9 Å². The van der Waals surface area contributed by atoms with E-state index < -0.39 is 6.61 Å². The molecule has 0 saturated heterocycles. The number of aryl methyl sites for hydroxylation is 1. The zero-order valence-corrected chi connectivity index (χ0v) is 20.4. The van der Waals surface area contributed by atoms with E-state index in [1.807, 2.05) is 31.2 Å². The number of aromatic amines is 1. The van der Waals surface area contributed by atoms with E-state index in [0.29, 0.717) is 36.1 Å². The molecule has 0 atom stereocenters. The lowest BCUT2D eigenvalue weighted by Gasteiger charge is -2.13. The van der Waals surface area contributed by atoms with Crippen LogP contribution in [0.4, 0.5) is 8.78 Å². The third-order valence-electron chi connectivity index (χ3n) is 4.84. The van der Waals surface area contributed by atoms with Gasteiger partial charge in [0, 0.05) is 31.1 Å². The summed E-state index contributed by atoms with van der Waals surface area (Å²) in [5.41, 5.74) is 2.46. The number of H-pyrrole nitrogens is 1. The number of aromatic nitrogens is 2. The number of nitrogens with one attached hydrogen (secondary N) is 3. The summed E-state index contributed by atoms with van der Waals surface area (Å²) in [4.78, 5) is 12.4. The molecule has 0 radical (unpaired) electrons. The second kappa shape index (κ2) is 11.9. The summed E-state index contributed by atoms with van der Waals surface area (Å²) in [5, 5.41) is 6.42. The van der Waals surface area contributed by atoms with E-state index in [2.05, 4.69) is 30.3 Å². The van der Waals surface area contributed by atoms with Crippen LogP contribution in [0, 0.1) is 0 Å². The highest BCUT2D eigenvalue weighted by atomic mass is 127. The largest absolute Gasteiger partial charge is 0.454 e. The molecule has 4 rings (SSSR count). The number of benzene rings is 2. The Morgan fingerprint density at radius 2 is 2.00 bits per heavy atom. The van der Waals surface area contributed by atoms with Gasteiger partial charge in [-0.3, -0.25) is 0 Å². The number of nitrogens with zero attached hydrogens (tertiary/aromatic N) is 2. The van der Waals surface area contributed by atoms with Crippen LogP contribution in [-0.2, 0) is 13.0 Å². The van der Waals surface area contributed by atoms with Crippen LogP contribution in [0.3, 0.4) is 0 Å². The minimum Gasteiger partial charge on any atom is -0.454 e. The lowest BCUT2D eigenvalue weighted by molar-refractivity contribution is -0.0505. The summed E-state index contributed by atoms with van der Waals surface area (Å²) in [6.45, 7) is 0.532. The van der Waals surface area contributed by atoms with Crippen LogP contribution < -0.4 is 24.8 Å². The van der Waals surface area contributed by atoms with Crippen molar-refractivity contribution in [2.75, 3.05) is 19.9 Å². The predicted octanol–water partition coefficient (Wildman–Crippen LogP) is 4.20. The summed E-state index contributed by atoms with van der Waals surface area (Å²) < 4.78 is 40.9. The zero-order chi connectivity index (χ0) is 22.3. The van der Waals surface area contributed by atoms with Crippen LogP contribution in [-0.4, -0.2) is 42.4 Å². The summed E-state index contributed by atoms with van der Waals surface area (Å²) in [5.74, 6) is 2.40. The molecule has 0 unspecified atom stereocenters. The van der Waals surface area contributed by atoms with Crippen molar-refractivity contribution >= 4 is 41.0 Å². The second-order valence-electron chi connectivity index (χ2n) is 7.12. The Labute approximate surface area is 207 Å². The van der Waals surface area contributed by atoms with Crippen molar-refractivity contribution in [3.63, 3.8) is 0 Å². The molecule has 1 aromatic heterocycles. The predicted molar refractivity (Wildman–Crippen MR) is 132 cm³/mol. The topological polar surface area (TPSA) is 92.8 Å².